The van der Waals surface area contributed by atoms with Gasteiger partial charge in [0.2, 0.25) is 0 Å². The van der Waals surface area contributed by atoms with Gasteiger partial charge >= 0.3 is 0 Å². The molecule has 1 aromatic carbocycles. The van der Waals surface area contributed by atoms with E-state index in [2.05, 4.69) is 23.2 Å². The van der Waals surface area contributed by atoms with Crippen molar-refractivity contribution < 1.29 is 0 Å². The molecule has 1 aliphatic rings. The van der Waals surface area contributed by atoms with Gasteiger partial charge < -0.3 is 5.32 Å². The summed E-state index contributed by atoms with van der Waals surface area (Å²) in [4.78, 5) is 2.40. The Hall–Kier alpha value is -1.37. The third-order valence-corrected chi connectivity index (χ3v) is 3.41. The summed E-state index contributed by atoms with van der Waals surface area (Å²) >= 11 is 0. The predicted octanol–water partition coefficient (Wildman–Crippen LogP) is 1.59. The average molecular weight is 229 g/mol. The Morgan fingerprint density at radius 3 is 2.88 bits per heavy atom. The Labute approximate surface area is 103 Å². The number of nitriles is 1. The molecule has 90 valence electrons. The summed E-state index contributed by atoms with van der Waals surface area (Å²) in [6.45, 7) is 6.13. The molecule has 17 heavy (non-hydrogen) atoms. The second-order valence-corrected chi connectivity index (χ2v) is 4.64. The predicted molar refractivity (Wildman–Crippen MR) is 68.7 cm³/mol. The van der Waals surface area contributed by atoms with Crippen LogP contribution in [-0.2, 0) is 0 Å². The van der Waals surface area contributed by atoms with Crippen molar-refractivity contribution in [3.8, 4) is 6.07 Å². The van der Waals surface area contributed by atoms with Gasteiger partial charge in [-0.1, -0.05) is 30.3 Å². The van der Waals surface area contributed by atoms with Crippen molar-refractivity contribution in [2.24, 2.45) is 0 Å². The summed E-state index contributed by atoms with van der Waals surface area (Å²) in [7, 11) is 0. The van der Waals surface area contributed by atoms with Crippen molar-refractivity contribution in [3.05, 3.63) is 35.9 Å². The molecule has 2 atom stereocenters. The number of hydrogen-bond donors (Lipinski definition) is 1. The van der Waals surface area contributed by atoms with Crippen LogP contribution in [0.2, 0.25) is 0 Å². The summed E-state index contributed by atoms with van der Waals surface area (Å²) in [5.74, 6) is -0.0169. The molecule has 1 aromatic rings. The zero-order valence-electron chi connectivity index (χ0n) is 10.3. The standard InChI is InChI=1S/C14H19N3/c1-12-10-16-7-8-17(12)11-14(9-15)13-5-3-2-4-6-13/h2-6,12,14,16H,7-8,10-11H2,1H3/t12-,14?/m0/s1. The number of nitrogens with one attached hydrogen (secondary N) is 1. The van der Waals surface area contributed by atoms with E-state index in [4.69, 9.17) is 0 Å². The van der Waals surface area contributed by atoms with Gasteiger partial charge in [0.1, 0.15) is 0 Å². The van der Waals surface area contributed by atoms with Gasteiger partial charge in [-0.05, 0) is 12.5 Å². The van der Waals surface area contributed by atoms with Gasteiger partial charge in [-0.3, -0.25) is 4.90 Å². The zero-order valence-corrected chi connectivity index (χ0v) is 10.3. The monoisotopic (exact) mass is 229 g/mol. The van der Waals surface area contributed by atoms with E-state index in [0.717, 1.165) is 31.7 Å². The highest BCUT2D eigenvalue weighted by Crippen LogP contribution is 2.17. The Bertz CT molecular complexity index is 382. The molecule has 0 spiro atoms. The highest BCUT2D eigenvalue weighted by Gasteiger charge is 2.22. The minimum atomic E-state index is -0.0169. The summed E-state index contributed by atoms with van der Waals surface area (Å²) in [5, 5.41) is 12.7. The van der Waals surface area contributed by atoms with Gasteiger partial charge in [-0.15, -0.1) is 0 Å². The first-order valence-electron chi connectivity index (χ1n) is 6.20. The van der Waals surface area contributed by atoms with Crippen molar-refractivity contribution >= 4 is 0 Å². The van der Waals surface area contributed by atoms with E-state index >= 15 is 0 Å². The molecule has 3 heteroatoms. The number of hydrogen-bond acceptors (Lipinski definition) is 3. The summed E-state index contributed by atoms with van der Waals surface area (Å²) in [5.41, 5.74) is 1.13. The molecule has 1 fully saturated rings. The Morgan fingerprint density at radius 1 is 1.47 bits per heavy atom. The first kappa shape index (κ1) is 12.1. The van der Waals surface area contributed by atoms with Crippen LogP contribution in [0.1, 0.15) is 18.4 Å². The second-order valence-electron chi connectivity index (χ2n) is 4.64. The maximum Gasteiger partial charge on any atom is 0.0839 e. The fourth-order valence-corrected chi connectivity index (χ4v) is 2.29. The maximum absolute atomic E-state index is 9.30. The SMILES string of the molecule is C[C@H]1CNCCN1CC(C#N)c1ccccc1. The number of rotatable bonds is 3. The van der Waals surface area contributed by atoms with E-state index in [-0.39, 0.29) is 5.92 Å². The van der Waals surface area contributed by atoms with Gasteiger partial charge in [0, 0.05) is 32.2 Å². The normalized spacial score (nSPS) is 22.9. The van der Waals surface area contributed by atoms with E-state index in [9.17, 15) is 5.26 Å². The molecular formula is C14H19N3. The lowest BCUT2D eigenvalue weighted by Gasteiger charge is -2.35. The highest BCUT2D eigenvalue weighted by atomic mass is 15.2. The second kappa shape index (κ2) is 5.81. The molecule has 1 unspecified atom stereocenters. The van der Waals surface area contributed by atoms with Crippen molar-refractivity contribution in [1.29, 1.82) is 5.26 Å². The summed E-state index contributed by atoms with van der Waals surface area (Å²) < 4.78 is 0. The van der Waals surface area contributed by atoms with Crippen LogP contribution in [-0.4, -0.2) is 37.1 Å². The summed E-state index contributed by atoms with van der Waals surface area (Å²) in [6, 6.07) is 13.0. The minimum absolute atomic E-state index is 0.0169. The van der Waals surface area contributed by atoms with E-state index < -0.39 is 0 Å². The smallest absolute Gasteiger partial charge is 0.0839 e. The Kier molecular flexibility index (Phi) is 4.13. The van der Waals surface area contributed by atoms with Crippen LogP contribution in [0.3, 0.4) is 0 Å². The molecule has 0 radical (unpaired) electrons. The van der Waals surface area contributed by atoms with E-state index in [1.54, 1.807) is 0 Å². The third-order valence-electron chi connectivity index (χ3n) is 3.41. The largest absolute Gasteiger partial charge is 0.314 e. The molecule has 1 heterocycles. The van der Waals surface area contributed by atoms with E-state index in [0.29, 0.717) is 6.04 Å². The van der Waals surface area contributed by atoms with Crippen LogP contribution in [0.5, 0.6) is 0 Å². The van der Waals surface area contributed by atoms with Crippen LogP contribution >= 0.6 is 0 Å². The van der Waals surface area contributed by atoms with Crippen molar-refractivity contribution in [2.75, 3.05) is 26.2 Å². The lowest BCUT2D eigenvalue weighted by atomic mass is 9.99. The number of nitrogens with zero attached hydrogens (tertiary/aromatic N) is 2. The Morgan fingerprint density at radius 2 is 2.24 bits per heavy atom. The fourth-order valence-electron chi connectivity index (χ4n) is 2.29. The molecular weight excluding hydrogens is 210 g/mol. The topological polar surface area (TPSA) is 39.1 Å². The van der Waals surface area contributed by atoms with Crippen LogP contribution in [0, 0.1) is 11.3 Å². The van der Waals surface area contributed by atoms with Gasteiger partial charge in [0.05, 0.1) is 12.0 Å². The number of benzene rings is 1. The van der Waals surface area contributed by atoms with Crippen molar-refractivity contribution in [2.45, 2.75) is 18.9 Å². The van der Waals surface area contributed by atoms with Crippen molar-refractivity contribution in [1.82, 2.24) is 10.2 Å². The fraction of sp³-hybridized carbons (Fsp3) is 0.500. The van der Waals surface area contributed by atoms with E-state index in [1.807, 2.05) is 30.3 Å². The molecule has 1 aliphatic heterocycles. The van der Waals surface area contributed by atoms with Gasteiger partial charge in [0.25, 0.3) is 0 Å². The molecule has 0 amide bonds. The van der Waals surface area contributed by atoms with Gasteiger partial charge in [-0.25, -0.2) is 0 Å². The minimum Gasteiger partial charge on any atom is -0.314 e. The first-order chi connectivity index (χ1) is 8.31. The molecule has 1 saturated heterocycles. The van der Waals surface area contributed by atoms with Crippen LogP contribution in [0.15, 0.2) is 30.3 Å². The highest BCUT2D eigenvalue weighted by molar-refractivity contribution is 5.25. The van der Waals surface area contributed by atoms with Gasteiger partial charge in [0.15, 0.2) is 0 Å². The molecule has 2 rings (SSSR count). The third kappa shape index (κ3) is 3.06. The van der Waals surface area contributed by atoms with Crippen molar-refractivity contribution in [3.63, 3.8) is 0 Å². The van der Waals surface area contributed by atoms with Gasteiger partial charge in [-0.2, -0.15) is 5.26 Å². The quantitative estimate of drug-likeness (QED) is 0.855. The average Bonchev–Trinajstić information content (AvgIpc) is 2.39. The molecule has 0 aliphatic carbocycles. The Balaban J connectivity index is 2.03. The molecule has 3 nitrogen and oxygen atoms in total. The van der Waals surface area contributed by atoms with Crippen LogP contribution < -0.4 is 5.32 Å². The maximum atomic E-state index is 9.30. The molecule has 1 N–H and O–H groups in total. The lowest BCUT2D eigenvalue weighted by molar-refractivity contribution is 0.171. The van der Waals surface area contributed by atoms with Crippen LogP contribution in [0.25, 0.3) is 0 Å². The first-order valence-corrected chi connectivity index (χ1v) is 6.20. The van der Waals surface area contributed by atoms with E-state index in [1.165, 1.54) is 0 Å². The lowest BCUT2D eigenvalue weighted by Crippen LogP contribution is -2.50. The molecule has 0 saturated carbocycles. The summed E-state index contributed by atoms with van der Waals surface area (Å²) in [6.07, 6.45) is 0. The zero-order chi connectivity index (χ0) is 12.1. The molecule has 0 aromatic heterocycles. The molecule has 0 bridgehead atoms. The van der Waals surface area contributed by atoms with Crippen LogP contribution in [0.4, 0.5) is 0 Å². The number of piperazine rings is 1.